The SMILES string of the molecule is CCOc1ccc(NC(=O)N2CCNC2=O)cc1. The minimum Gasteiger partial charge on any atom is -0.494 e. The average molecular weight is 249 g/mol. The molecule has 0 aromatic heterocycles. The number of nitrogens with zero attached hydrogens (tertiary/aromatic N) is 1. The van der Waals surface area contributed by atoms with Crippen molar-refractivity contribution in [2.24, 2.45) is 0 Å². The molecule has 6 nitrogen and oxygen atoms in total. The van der Waals surface area contributed by atoms with Crippen LogP contribution in [0.25, 0.3) is 0 Å². The number of rotatable bonds is 3. The van der Waals surface area contributed by atoms with Crippen LogP contribution in [0.2, 0.25) is 0 Å². The smallest absolute Gasteiger partial charge is 0.330 e. The summed E-state index contributed by atoms with van der Waals surface area (Å²) in [5.41, 5.74) is 0.628. The van der Waals surface area contributed by atoms with E-state index in [1.807, 2.05) is 6.92 Å². The number of imide groups is 1. The van der Waals surface area contributed by atoms with Crippen molar-refractivity contribution in [2.75, 3.05) is 25.0 Å². The number of anilines is 1. The number of urea groups is 2. The average Bonchev–Trinajstić information content (AvgIpc) is 2.78. The van der Waals surface area contributed by atoms with E-state index in [4.69, 9.17) is 4.74 Å². The Hall–Kier alpha value is -2.24. The summed E-state index contributed by atoms with van der Waals surface area (Å²) in [6, 6.07) is 6.22. The number of carbonyl (C=O) groups is 2. The molecule has 0 radical (unpaired) electrons. The van der Waals surface area contributed by atoms with Crippen LogP contribution in [0.4, 0.5) is 15.3 Å². The van der Waals surface area contributed by atoms with E-state index in [0.29, 0.717) is 25.4 Å². The van der Waals surface area contributed by atoms with Crippen LogP contribution in [-0.2, 0) is 0 Å². The van der Waals surface area contributed by atoms with Crippen LogP contribution >= 0.6 is 0 Å². The van der Waals surface area contributed by atoms with Gasteiger partial charge in [-0.05, 0) is 31.2 Å². The van der Waals surface area contributed by atoms with Crippen LogP contribution in [0.3, 0.4) is 0 Å². The normalized spacial score (nSPS) is 14.3. The first-order valence-electron chi connectivity index (χ1n) is 5.80. The zero-order valence-electron chi connectivity index (χ0n) is 10.1. The van der Waals surface area contributed by atoms with E-state index in [2.05, 4.69) is 10.6 Å². The minimum absolute atomic E-state index is 0.363. The molecular weight excluding hydrogens is 234 g/mol. The number of hydrogen-bond donors (Lipinski definition) is 2. The first-order valence-corrected chi connectivity index (χ1v) is 5.80. The third kappa shape index (κ3) is 2.71. The standard InChI is InChI=1S/C12H15N3O3/c1-2-18-10-5-3-9(4-6-10)14-12(17)15-8-7-13-11(15)16/h3-6H,2,7-8H2,1H3,(H,13,16)(H,14,17). The van der Waals surface area contributed by atoms with E-state index < -0.39 is 6.03 Å². The number of benzene rings is 1. The van der Waals surface area contributed by atoms with Crippen molar-refractivity contribution in [3.63, 3.8) is 0 Å². The summed E-state index contributed by atoms with van der Waals surface area (Å²) >= 11 is 0. The summed E-state index contributed by atoms with van der Waals surface area (Å²) < 4.78 is 5.30. The molecule has 0 spiro atoms. The van der Waals surface area contributed by atoms with Gasteiger partial charge in [-0.15, -0.1) is 0 Å². The number of amides is 4. The maximum atomic E-state index is 11.8. The van der Waals surface area contributed by atoms with Gasteiger partial charge in [-0.25, -0.2) is 14.5 Å². The fraction of sp³-hybridized carbons (Fsp3) is 0.333. The monoisotopic (exact) mass is 249 g/mol. The van der Waals surface area contributed by atoms with Gasteiger partial charge in [-0.3, -0.25) is 0 Å². The summed E-state index contributed by atoms with van der Waals surface area (Å²) in [5, 5.41) is 5.22. The highest BCUT2D eigenvalue weighted by molar-refractivity contribution is 6.01. The van der Waals surface area contributed by atoms with E-state index in [1.165, 1.54) is 0 Å². The van der Waals surface area contributed by atoms with Gasteiger partial charge in [-0.2, -0.15) is 0 Å². The molecule has 6 heteroatoms. The molecule has 0 aliphatic carbocycles. The molecule has 1 saturated heterocycles. The Morgan fingerprint density at radius 2 is 2.17 bits per heavy atom. The topological polar surface area (TPSA) is 70.7 Å². The maximum Gasteiger partial charge on any atom is 0.330 e. The molecule has 96 valence electrons. The molecule has 2 rings (SSSR count). The van der Waals surface area contributed by atoms with Crippen molar-refractivity contribution in [1.29, 1.82) is 0 Å². The molecule has 1 fully saturated rings. The summed E-state index contributed by atoms with van der Waals surface area (Å²) in [6.45, 7) is 3.39. The van der Waals surface area contributed by atoms with Crippen LogP contribution in [0, 0.1) is 0 Å². The second-order valence-corrected chi connectivity index (χ2v) is 3.77. The van der Waals surface area contributed by atoms with Gasteiger partial charge in [0.25, 0.3) is 0 Å². The minimum atomic E-state index is -0.422. The molecule has 0 atom stereocenters. The van der Waals surface area contributed by atoms with Gasteiger partial charge in [0.15, 0.2) is 0 Å². The van der Waals surface area contributed by atoms with Gasteiger partial charge in [0.2, 0.25) is 0 Å². The highest BCUT2D eigenvalue weighted by Crippen LogP contribution is 2.16. The summed E-state index contributed by atoms with van der Waals surface area (Å²) in [4.78, 5) is 24.2. The quantitative estimate of drug-likeness (QED) is 0.855. The van der Waals surface area contributed by atoms with Crippen LogP contribution in [0.5, 0.6) is 5.75 Å². The van der Waals surface area contributed by atoms with E-state index in [1.54, 1.807) is 24.3 Å². The summed E-state index contributed by atoms with van der Waals surface area (Å²) in [5.74, 6) is 0.745. The largest absolute Gasteiger partial charge is 0.494 e. The molecule has 1 aromatic carbocycles. The lowest BCUT2D eigenvalue weighted by Gasteiger charge is -2.13. The molecule has 0 unspecified atom stereocenters. The fourth-order valence-electron chi connectivity index (χ4n) is 1.66. The third-order valence-electron chi connectivity index (χ3n) is 2.52. The Labute approximate surface area is 105 Å². The van der Waals surface area contributed by atoms with E-state index in [9.17, 15) is 9.59 Å². The Balaban J connectivity index is 1.96. The fourth-order valence-corrected chi connectivity index (χ4v) is 1.66. The summed E-state index contributed by atoms with van der Waals surface area (Å²) in [7, 11) is 0. The Morgan fingerprint density at radius 3 is 2.72 bits per heavy atom. The Kier molecular flexibility index (Phi) is 3.66. The number of nitrogens with one attached hydrogen (secondary N) is 2. The molecule has 1 aromatic rings. The van der Waals surface area contributed by atoms with Gasteiger partial charge in [0.1, 0.15) is 5.75 Å². The van der Waals surface area contributed by atoms with Crippen molar-refractivity contribution in [2.45, 2.75) is 6.92 Å². The predicted octanol–water partition coefficient (Wildman–Crippen LogP) is 1.64. The van der Waals surface area contributed by atoms with Crippen LogP contribution in [0.1, 0.15) is 6.92 Å². The molecule has 0 saturated carbocycles. The lowest BCUT2D eigenvalue weighted by atomic mass is 10.3. The van der Waals surface area contributed by atoms with Crippen molar-refractivity contribution in [3.8, 4) is 5.75 Å². The molecule has 18 heavy (non-hydrogen) atoms. The van der Waals surface area contributed by atoms with Crippen molar-refractivity contribution in [3.05, 3.63) is 24.3 Å². The second-order valence-electron chi connectivity index (χ2n) is 3.77. The number of carbonyl (C=O) groups excluding carboxylic acids is 2. The lowest BCUT2D eigenvalue weighted by Crippen LogP contribution is -2.37. The van der Waals surface area contributed by atoms with Gasteiger partial charge in [0, 0.05) is 18.8 Å². The van der Waals surface area contributed by atoms with Gasteiger partial charge < -0.3 is 15.4 Å². The highest BCUT2D eigenvalue weighted by atomic mass is 16.5. The van der Waals surface area contributed by atoms with Crippen LogP contribution < -0.4 is 15.4 Å². The molecular formula is C12H15N3O3. The first-order chi connectivity index (χ1) is 8.70. The molecule has 2 N–H and O–H groups in total. The van der Waals surface area contributed by atoms with Gasteiger partial charge >= 0.3 is 12.1 Å². The van der Waals surface area contributed by atoms with E-state index >= 15 is 0 Å². The Morgan fingerprint density at radius 1 is 1.44 bits per heavy atom. The molecule has 0 bridgehead atoms. The molecule has 1 aliphatic rings. The maximum absolute atomic E-state index is 11.8. The third-order valence-corrected chi connectivity index (χ3v) is 2.52. The number of hydrogen-bond acceptors (Lipinski definition) is 3. The zero-order chi connectivity index (χ0) is 13.0. The van der Waals surface area contributed by atoms with E-state index in [0.717, 1.165) is 10.6 Å². The molecule has 1 aliphatic heterocycles. The Bertz CT molecular complexity index is 444. The van der Waals surface area contributed by atoms with Crippen molar-refractivity contribution >= 4 is 17.7 Å². The predicted molar refractivity (Wildman–Crippen MR) is 66.7 cm³/mol. The van der Waals surface area contributed by atoms with Crippen molar-refractivity contribution in [1.82, 2.24) is 10.2 Å². The van der Waals surface area contributed by atoms with Gasteiger partial charge in [-0.1, -0.05) is 0 Å². The highest BCUT2D eigenvalue weighted by Gasteiger charge is 2.25. The van der Waals surface area contributed by atoms with Crippen molar-refractivity contribution < 1.29 is 14.3 Å². The lowest BCUT2D eigenvalue weighted by molar-refractivity contribution is 0.207. The van der Waals surface area contributed by atoms with Crippen LogP contribution in [0.15, 0.2) is 24.3 Å². The number of ether oxygens (including phenoxy) is 1. The second kappa shape index (κ2) is 5.39. The molecule has 4 amide bonds. The first kappa shape index (κ1) is 12.2. The van der Waals surface area contributed by atoms with Crippen LogP contribution in [-0.4, -0.2) is 36.7 Å². The zero-order valence-corrected chi connectivity index (χ0v) is 10.1. The summed E-state index contributed by atoms with van der Waals surface area (Å²) in [6.07, 6.45) is 0. The van der Waals surface area contributed by atoms with E-state index in [-0.39, 0.29) is 6.03 Å². The van der Waals surface area contributed by atoms with Gasteiger partial charge in [0.05, 0.1) is 6.61 Å². The molecule has 1 heterocycles.